The Bertz CT molecular complexity index is 580. The van der Waals surface area contributed by atoms with E-state index >= 15 is 0 Å². The van der Waals surface area contributed by atoms with Crippen LogP contribution in [0.25, 0.3) is 0 Å². The van der Waals surface area contributed by atoms with Crippen LogP contribution < -0.4 is 10.0 Å². The van der Waals surface area contributed by atoms with Crippen LogP contribution >= 0.6 is 0 Å². The van der Waals surface area contributed by atoms with Gasteiger partial charge in [-0.1, -0.05) is 0 Å². The maximum atomic E-state index is 11.5. The average molecular weight is 286 g/mol. The number of hydrogen-bond acceptors (Lipinski definition) is 4. The Balaban J connectivity index is 2.84. The Hall–Kier alpha value is -1.93. The van der Waals surface area contributed by atoms with Crippen molar-refractivity contribution in [1.29, 1.82) is 0 Å². The fraction of sp³-hybridized carbons (Fsp3) is 0.273. The molecule has 0 saturated carbocycles. The summed E-state index contributed by atoms with van der Waals surface area (Å²) < 4.78 is 25.1. The zero-order chi connectivity index (χ0) is 14.6. The molecule has 0 heterocycles. The lowest BCUT2D eigenvalue weighted by Gasteiger charge is -2.09. The Kier molecular flexibility index (Phi) is 4.62. The van der Waals surface area contributed by atoms with Crippen LogP contribution in [0.3, 0.4) is 0 Å². The highest BCUT2D eigenvalue weighted by atomic mass is 32.2. The van der Waals surface area contributed by atoms with E-state index in [0.717, 1.165) is 0 Å². The second-order valence-corrected chi connectivity index (χ2v) is 5.67. The van der Waals surface area contributed by atoms with E-state index in [1.54, 1.807) is 0 Å². The maximum absolute atomic E-state index is 11.5. The summed E-state index contributed by atoms with van der Waals surface area (Å²) in [6.45, 7) is 1.26. The summed E-state index contributed by atoms with van der Waals surface area (Å²) in [6.07, 6.45) is 0. The molecule has 0 spiro atoms. The SMILES string of the molecule is CNS(=O)(=O)c1ccc(NC(=O)C(C)C(=O)O)cc1. The topological polar surface area (TPSA) is 113 Å². The van der Waals surface area contributed by atoms with E-state index in [4.69, 9.17) is 5.11 Å². The third-order valence-electron chi connectivity index (χ3n) is 2.46. The molecule has 1 unspecified atom stereocenters. The van der Waals surface area contributed by atoms with Crippen molar-refractivity contribution in [3.63, 3.8) is 0 Å². The van der Waals surface area contributed by atoms with Crippen LogP contribution in [0, 0.1) is 5.92 Å². The average Bonchev–Trinajstić information content (AvgIpc) is 2.38. The first kappa shape index (κ1) is 15.1. The van der Waals surface area contributed by atoms with E-state index in [1.165, 1.54) is 38.2 Å². The summed E-state index contributed by atoms with van der Waals surface area (Å²) >= 11 is 0. The molecule has 3 N–H and O–H groups in total. The van der Waals surface area contributed by atoms with E-state index in [1.807, 2.05) is 0 Å². The number of nitrogens with one attached hydrogen (secondary N) is 2. The van der Waals surface area contributed by atoms with Crippen LogP contribution in [0.1, 0.15) is 6.92 Å². The molecule has 7 nitrogen and oxygen atoms in total. The minimum atomic E-state index is -3.53. The molecule has 0 fully saturated rings. The van der Waals surface area contributed by atoms with Crippen molar-refractivity contribution >= 4 is 27.6 Å². The normalized spacial score (nSPS) is 12.7. The summed E-state index contributed by atoms with van der Waals surface area (Å²) in [6, 6.07) is 5.40. The second kappa shape index (κ2) is 5.81. The van der Waals surface area contributed by atoms with Crippen LogP contribution in [0.2, 0.25) is 0 Å². The smallest absolute Gasteiger partial charge is 0.315 e. The van der Waals surface area contributed by atoms with Crippen molar-refractivity contribution in [3.8, 4) is 0 Å². The first-order valence-electron chi connectivity index (χ1n) is 5.35. The zero-order valence-corrected chi connectivity index (χ0v) is 11.2. The minimum absolute atomic E-state index is 0.0549. The van der Waals surface area contributed by atoms with Crippen LogP contribution in [0.5, 0.6) is 0 Å². The lowest BCUT2D eigenvalue weighted by atomic mass is 10.1. The molecule has 8 heteroatoms. The van der Waals surface area contributed by atoms with Crippen molar-refractivity contribution in [2.24, 2.45) is 5.92 Å². The predicted octanol–water partition coefficient (Wildman–Crippen LogP) is 0.254. The standard InChI is InChI=1S/C11H14N2O5S/c1-7(11(15)16)10(14)13-8-3-5-9(6-4-8)19(17,18)12-2/h3-7,12H,1-2H3,(H,13,14)(H,15,16). The van der Waals surface area contributed by atoms with Crippen LogP contribution in [0.15, 0.2) is 29.2 Å². The van der Waals surface area contributed by atoms with Gasteiger partial charge in [-0.2, -0.15) is 0 Å². The van der Waals surface area contributed by atoms with Gasteiger partial charge in [0.25, 0.3) is 0 Å². The zero-order valence-electron chi connectivity index (χ0n) is 10.4. The third kappa shape index (κ3) is 3.76. The number of carboxylic acids is 1. The number of sulfonamides is 1. The van der Waals surface area contributed by atoms with E-state index in [9.17, 15) is 18.0 Å². The molecule has 1 aromatic carbocycles. The van der Waals surface area contributed by atoms with Gasteiger partial charge in [-0.25, -0.2) is 13.1 Å². The Labute approximate surface area is 110 Å². The molecule has 1 atom stereocenters. The lowest BCUT2D eigenvalue weighted by molar-refractivity contribution is -0.144. The van der Waals surface area contributed by atoms with Gasteiger partial charge in [-0.15, -0.1) is 0 Å². The highest BCUT2D eigenvalue weighted by Gasteiger charge is 2.20. The van der Waals surface area contributed by atoms with E-state index in [0.29, 0.717) is 5.69 Å². The molecule has 1 amide bonds. The highest BCUT2D eigenvalue weighted by Crippen LogP contribution is 2.14. The van der Waals surface area contributed by atoms with Crippen molar-refractivity contribution < 1.29 is 23.1 Å². The lowest BCUT2D eigenvalue weighted by Crippen LogP contribution is -2.26. The summed E-state index contributed by atoms with van der Waals surface area (Å²) in [5.41, 5.74) is 0.327. The van der Waals surface area contributed by atoms with Crippen LogP contribution in [-0.2, 0) is 19.6 Å². The number of aliphatic carboxylic acids is 1. The largest absolute Gasteiger partial charge is 0.481 e. The first-order chi connectivity index (χ1) is 8.77. The number of anilines is 1. The van der Waals surface area contributed by atoms with Crippen LogP contribution in [-0.4, -0.2) is 32.4 Å². The number of benzene rings is 1. The molecule has 0 aliphatic heterocycles. The van der Waals surface area contributed by atoms with Crippen molar-refractivity contribution in [1.82, 2.24) is 4.72 Å². The van der Waals surface area contributed by atoms with E-state index < -0.39 is 27.8 Å². The summed E-state index contributed by atoms with van der Waals surface area (Å²) in [5.74, 6) is -3.08. The van der Waals surface area contributed by atoms with E-state index in [-0.39, 0.29) is 4.90 Å². The van der Waals surface area contributed by atoms with Gasteiger partial charge in [0.05, 0.1) is 4.90 Å². The molecular weight excluding hydrogens is 272 g/mol. The highest BCUT2D eigenvalue weighted by molar-refractivity contribution is 7.89. The third-order valence-corrected chi connectivity index (χ3v) is 3.89. The van der Waals surface area contributed by atoms with Crippen molar-refractivity contribution in [2.45, 2.75) is 11.8 Å². The van der Waals surface area contributed by atoms with E-state index in [2.05, 4.69) is 10.0 Å². The molecule has 0 aliphatic rings. The van der Waals surface area contributed by atoms with Crippen molar-refractivity contribution in [3.05, 3.63) is 24.3 Å². The molecule has 19 heavy (non-hydrogen) atoms. The number of carbonyl (C=O) groups is 2. The van der Waals surface area contributed by atoms with Crippen LogP contribution in [0.4, 0.5) is 5.69 Å². The monoisotopic (exact) mass is 286 g/mol. The first-order valence-corrected chi connectivity index (χ1v) is 6.83. The van der Waals surface area contributed by atoms with Gasteiger partial charge in [0.15, 0.2) is 0 Å². The number of carbonyl (C=O) groups excluding carboxylic acids is 1. The summed E-state index contributed by atoms with van der Waals surface area (Å²) in [7, 11) is -2.24. The molecule has 0 radical (unpaired) electrons. The fourth-order valence-electron chi connectivity index (χ4n) is 1.20. The van der Waals surface area contributed by atoms with Crippen molar-refractivity contribution in [2.75, 3.05) is 12.4 Å². The fourth-order valence-corrected chi connectivity index (χ4v) is 1.93. The van der Waals surface area contributed by atoms with Gasteiger partial charge in [-0.05, 0) is 38.2 Å². The predicted molar refractivity (Wildman–Crippen MR) is 68.1 cm³/mol. The quantitative estimate of drug-likeness (QED) is 0.672. The number of hydrogen-bond donors (Lipinski definition) is 3. The van der Waals surface area contributed by atoms with Gasteiger partial charge in [0.1, 0.15) is 5.92 Å². The second-order valence-electron chi connectivity index (χ2n) is 3.78. The molecule has 0 saturated heterocycles. The van der Waals surface area contributed by atoms with Gasteiger partial charge >= 0.3 is 5.97 Å². The molecule has 1 aromatic rings. The molecular formula is C11H14N2O5S. The molecule has 1 rings (SSSR count). The van der Waals surface area contributed by atoms with Gasteiger partial charge in [0, 0.05) is 5.69 Å². The number of carboxylic acid groups (broad SMARTS) is 1. The number of amides is 1. The van der Waals surface area contributed by atoms with Gasteiger partial charge < -0.3 is 10.4 Å². The Morgan fingerprint density at radius 2 is 1.74 bits per heavy atom. The maximum Gasteiger partial charge on any atom is 0.315 e. The molecule has 0 aliphatic carbocycles. The molecule has 104 valence electrons. The number of rotatable bonds is 5. The molecule has 0 bridgehead atoms. The summed E-state index contributed by atoms with van der Waals surface area (Å²) in [5, 5.41) is 11.0. The minimum Gasteiger partial charge on any atom is -0.481 e. The summed E-state index contributed by atoms with van der Waals surface area (Å²) in [4.78, 5) is 22.1. The van der Waals surface area contributed by atoms with Gasteiger partial charge in [0.2, 0.25) is 15.9 Å². The Morgan fingerprint density at radius 3 is 2.16 bits per heavy atom. The Morgan fingerprint density at radius 1 is 1.21 bits per heavy atom. The molecule has 0 aromatic heterocycles. The van der Waals surface area contributed by atoms with Gasteiger partial charge in [-0.3, -0.25) is 9.59 Å².